The van der Waals surface area contributed by atoms with E-state index in [4.69, 9.17) is 0 Å². The van der Waals surface area contributed by atoms with E-state index in [1.165, 1.54) is 24.3 Å². The van der Waals surface area contributed by atoms with Crippen molar-refractivity contribution in [2.24, 2.45) is 0 Å². The Labute approximate surface area is 173 Å². The van der Waals surface area contributed by atoms with Crippen LogP contribution in [0.25, 0.3) is 0 Å². The molecule has 3 aromatic rings. The number of para-hydroxylation sites is 2. The number of carbonyl (C=O) groups is 1. The first-order chi connectivity index (χ1) is 13.9. The second-order valence-corrected chi connectivity index (χ2v) is 9.88. The third-order valence-electron chi connectivity index (χ3n) is 4.92. The number of halogens is 1. The van der Waals surface area contributed by atoms with Gasteiger partial charge >= 0.3 is 0 Å². The van der Waals surface area contributed by atoms with E-state index < -0.39 is 28.3 Å². The summed E-state index contributed by atoms with van der Waals surface area (Å²) in [4.78, 5) is 14.8. The summed E-state index contributed by atoms with van der Waals surface area (Å²) in [5, 5.41) is 1.63. The van der Waals surface area contributed by atoms with E-state index in [-0.39, 0.29) is 15.9 Å². The van der Waals surface area contributed by atoms with Gasteiger partial charge in [0, 0.05) is 11.7 Å². The van der Waals surface area contributed by atoms with Gasteiger partial charge in [0.2, 0.25) is 5.91 Å². The van der Waals surface area contributed by atoms with Gasteiger partial charge in [0.15, 0.2) is 0 Å². The first-order valence-electron chi connectivity index (χ1n) is 9.10. The Morgan fingerprint density at radius 1 is 1.14 bits per heavy atom. The van der Waals surface area contributed by atoms with Crippen molar-refractivity contribution in [2.45, 2.75) is 23.6 Å². The number of hydrogen-bond acceptors (Lipinski definition) is 4. The van der Waals surface area contributed by atoms with Crippen molar-refractivity contribution in [1.29, 1.82) is 0 Å². The number of nitrogens with zero attached hydrogens (tertiary/aromatic N) is 2. The van der Waals surface area contributed by atoms with Crippen molar-refractivity contribution >= 4 is 38.6 Å². The molecule has 8 heteroatoms. The molecular weight excluding hydrogens is 411 g/mol. The highest BCUT2D eigenvalue weighted by molar-refractivity contribution is 7.94. The minimum atomic E-state index is -4.09. The zero-order valence-electron chi connectivity index (χ0n) is 15.7. The maximum absolute atomic E-state index is 14.5. The molecule has 1 amide bonds. The third kappa shape index (κ3) is 3.54. The monoisotopic (exact) mass is 430 g/mol. The number of anilines is 2. The highest BCUT2D eigenvalue weighted by Crippen LogP contribution is 2.33. The summed E-state index contributed by atoms with van der Waals surface area (Å²) in [6.45, 7) is 1.43. The van der Waals surface area contributed by atoms with Crippen molar-refractivity contribution in [2.75, 3.05) is 15.7 Å². The van der Waals surface area contributed by atoms with E-state index in [2.05, 4.69) is 0 Å². The number of thiophene rings is 1. The number of benzene rings is 2. The van der Waals surface area contributed by atoms with E-state index >= 15 is 0 Å². The van der Waals surface area contributed by atoms with Gasteiger partial charge in [0.25, 0.3) is 10.0 Å². The second kappa shape index (κ2) is 7.61. The summed E-state index contributed by atoms with van der Waals surface area (Å²) in [5.41, 5.74) is 1.66. The van der Waals surface area contributed by atoms with Gasteiger partial charge in [0.05, 0.1) is 5.69 Å². The van der Waals surface area contributed by atoms with Gasteiger partial charge in [0.1, 0.15) is 16.6 Å². The number of sulfonamides is 1. The second-order valence-electron chi connectivity index (χ2n) is 6.84. The van der Waals surface area contributed by atoms with Crippen LogP contribution < -0.4 is 9.21 Å². The number of fused-ring (bicyclic) bond motifs is 1. The largest absolute Gasteiger partial charge is 0.307 e. The van der Waals surface area contributed by atoms with Gasteiger partial charge in [-0.25, -0.2) is 12.8 Å². The Hall–Kier alpha value is -2.71. The Bertz CT molecular complexity index is 1150. The molecule has 5 nitrogen and oxygen atoms in total. The molecule has 1 aliphatic rings. The topological polar surface area (TPSA) is 57.7 Å². The van der Waals surface area contributed by atoms with Gasteiger partial charge in [-0.15, -0.1) is 11.3 Å². The Morgan fingerprint density at radius 2 is 1.86 bits per heavy atom. The standard InChI is InChI=1S/C21H19FN2O3S2/c1-15-13-16-7-2-4-9-18(16)24(15)20(25)14-23(19-10-5-3-8-17(19)22)29(26,27)21-11-6-12-28-21/h2-12,15H,13-14H2,1H3. The highest BCUT2D eigenvalue weighted by atomic mass is 32.2. The van der Waals surface area contributed by atoms with Gasteiger partial charge in [-0.3, -0.25) is 9.10 Å². The van der Waals surface area contributed by atoms with Crippen molar-refractivity contribution in [3.63, 3.8) is 0 Å². The lowest BCUT2D eigenvalue weighted by Gasteiger charge is -2.28. The molecule has 29 heavy (non-hydrogen) atoms. The molecular formula is C21H19FN2O3S2. The molecule has 150 valence electrons. The average Bonchev–Trinajstić information content (AvgIpc) is 3.34. The molecule has 0 bridgehead atoms. The summed E-state index contributed by atoms with van der Waals surface area (Å²) in [6, 6.07) is 16.1. The summed E-state index contributed by atoms with van der Waals surface area (Å²) in [6.07, 6.45) is 0.694. The Morgan fingerprint density at radius 3 is 2.59 bits per heavy atom. The number of amides is 1. The molecule has 1 unspecified atom stereocenters. The molecule has 0 radical (unpaired) electrons. The Kier molecular flexibility index (Phi) is 5.14. The zero-order chi connectivity index (χ0) is 20.6. The number of carbonyl (C=O) groups excluding carboxylic acids is 1. The Balaban J connectivity index is 1.74. The van der Waals surface area contributed by atoms with Crippen LogP contribution in [0.4, 0.5) is 15.8 Å². The van der Waals surface area contributed by atoms with Crippen molar-refractivity contribution < 1.29 is 17.6 Å². The quantitative estimate of drug-likeness (QED) is 0.613. The van der Waals surface area contributed by atoms with Crippen LogP contribution in [0.3, 0.4) is 0 Å². The van der Waals surface area contributed by atoms with Gasteiger partial charge in [-0.1, -0.05) is 36.4 Å². The maximum Gasteiger partial charge on any atom is 0.274 e. The first kappa shape index (κ1) is 19.6. The van der Waals surface area contributed by atoms with Crippen LogP contribution in [-0.4, -0.2) is 26.9 Å². The zero-order valence-corrected chi connectivity index (χ0v) is 17.3. The molecule has 0 aliphatic carbocycles. The van der Waals surface area contributed by atoms with Gasteiger partial charge < -0.3 is 4.90 Å². The SMILES string of the molecule is CC1Cc2ccccc2N1C(=O)CN(c1ccccc1F)S(=O)(=O)c1cccs1. The molecule has 0 saturated heterocycles. The van der Waals surface area contributed by atoms with Crippen molar-refractivity contribution in [3.8, 4) is 0 Å². The van der Waals surface area contributed by atoms with Crippen LogP contribution >= 0.6 is 11.3 Å². The summed E-state index contributed by atoms with van der Waals surface area (Å²) in [7, 11) is -4.09. The maximum atomic E-state index is 14.5. The van der Waals surface area contributed by atoms with Gasteiger partial charge in [-0.05, 0) is 48.6 Å². The molecule has 2 aromatic carbocycles. The smallest absolute Gasteiger partial charge is 0.274 e. The summed E-state index contributed by atoms with van der Waals surface area (Å²) >= 11 is 1.03. The highest BCUT2D eigenvalue weighted by Gasteiger charge is 2.35. The predicted molar refractivity (Wildman–Crippen MR) is 112 cm³/mol. The normalized spacial score (nSPS) is 15.9. The first-order valence-corrected chi connectivity index (χ1v) is 11.4. The number of hydrogen-bond donors (Lipinski definition) is 0. The molecule has 2 heterocycles. The summed E-state index contributed by atoms with van der Waals surface area (Å²) < 4.78 is 41.9. The molecule has 1 atom stereocenters. The van der Waals surface area contributed by atoms with Gasteiger partial charge in [-0.2, -0.15) is 0 Å². The molecule has 1 aliphatic heterocycles. The van der Waals surface area contributed by atoms with E-state index in [1.807, 2.05) is 31.2 Å². The third-order valence-corrected chi connectivity index (χ3v) is 8.05. The van der Waals surface area contributed by atoms with Crippen LogP contribution in [0.1, 0.15) is 12.5 Å². The van der Waals surface area contributed by atoms with Crippen LogP contribution in [0, 0.1) is 5.82 Å². The fourth-order valence-electron chi connectivity index (χ4n) is 3.62. The van der Waals surface area contributed by atoms with Crippen LogP contribution in [-0.2, 0) is 21.2 Å². The van der Waals surface area contributed by atoms with E-state index in [1.54, 1.807) is 22.4 Å². The molecule has 0 spiro atoms. The minimum Gasteiger partial charge on any atom is -0.307 e. The van der Waals surface area contributed by atoms with Crippen LogP contribution in [0.5, 0.6) is 0 Å². The molecule has 0 N–H and O–H groups in total. The average molecular weight is 431 g/mol. The fraction of sp³-hybridized carbons (Fsp3) is 0.190. The van der Waals surface area contributed by atoms with Crippen molar-refractivity contribution in [3.05, 3.63) is 77.4 Å². The summed E-state index contributed by atoms with van der Waals surface area (Å²) in [5.74, 6) is -1.10. The minimum absolute atomic E-state index is 0.0587. The number of rotatable bonds is 5. The van der Waals surface area contributed by atoms with E-state index in [0.717, 1.165) is 26.9 Å². The lowest BCUT2D eigenvalue weighted by Crippen LogP contribution is -2.45. The van der Waals surface area contributed by atoms with E-state index in [9.17, 15) is 17.6 Å². The van der Waals surface area contributed by atoms with Crippen molar-refractivity contribution in [1.82, 2.24) is 0 Å². The lowest BCUT2D eigenvalue weighted by atomic mass is 10.1. The predicted octanol–water partition coefficient (Wildman–Crippen LogP) is 4.06. The fourth-order valence-corrected chi connectivity index (χ4v) is 6.14. The van der Waals surface area contributed by atoms with Crippen LogP contribution in [0.2, 0.25) is 0 Å². The molecule has 4 rings (SSSR count). The molecule has 1 aromatic heterocycles. The molecule has 0 fully saturated rings. The molecule has 0 saturated carbocycles. The van der Waals surface area contributed by atoms with E-state index in [0.29, 0.717) is 6.42 Å². The van der Waals surface area contributed by atoms with Crippen LogP contribution in [0.15, 0.2) is 70.3 Å². The lowest BCUT2D eigenvalue weighted by molar-refractivity contribution is -0.117.